The predicted octanol–water partition coefficient (Wildman–Crippen LogP) is 3.89. The van der Waals surface area contributed by atoms with Crippen LogP contribution in [0.25, 0.3) is 0 Å². The van der Waals surface area contributed by atoms with Gasteiger partial charge < -0.3 is 4.90 Å². The maximum Gasteiger partial charge on any atom is 0.324 e. The van der Waals surface area contributed by atoms with Crippen molar-refractivity contribution in [1.82, 2.24) is 4.90 Å². The molecular formula is C16H15BrN2O. The monoisotopic (exact) mass is 330 g/mol. The number of anilines is 1. The summed E-state index contributed by atoms with van der Waals surface area (Å²) in [5.74, 6) is 0. The molecule has 2 aromatic carbocycles. The first-order valence-electron chi connectivity index (χ1n) is 6.60. The molecule has 3 nitrogen and oxygen atoms in total. The fraction of sp³-hybridized carbons (Fsp3) is 0.188. The lowest BCUT2D eigenvalue weighted by molar-refractivity contribution is 0.219. The summed E-state index contributed by atoms with van der Waals surface area (Å²) in [5, 5.41) is 0. The summed E-state index contributed by atoms with van der Waals surface area (Å²) in [4.78, 5) is 16.2. The van der Waals surface area contributed by atoms with Crippen LogP contribution in [0.15, 0.2) is 59.1 Å². The van der Waals surface area contributed by atoms with Crippen LogP contribution >= 0.6 is 15.9 Å². The van der Waals surface area contributed by atoms with E-state index in [1.807, 2.05) is 52.3 Å². The maximum absolute atomic E-state index is 12.4. The SMILES string of the molecule is O=C1N(Cc2ccccc2)CCN1c1ccc(Br)cc1. The molecule has 0 unspecified atom stereocenters. The molecule has 1 saturated heterocycles. The van der Waals surface area contributed by atoms with Crippen molar-refractivity contribution in [3.63, 3.8) is 0 Å². The summed E-state index contributed by atoms with van der Waals surface area (Å²) >= 11 is 3.41. The molecule has 0 N–H and O–H groups in total. The van der Waals surface area contributed by atoms with Crippen molar-refractivity contribution in [2.75, 3.05) is 18.0 Å². The van der Waals surface area contributed by atoms with Gasteiger partial charge in [0.1, 0.15) is 0 Å². The van der Waals surface area contributed by atoms with Crippen molar-refractivity contribution in [3.8, 4) is 0 Å². The molecule has 3 rings (SSSR count). The van der Waals surface area contributed by atoms with E-state index >= 15 is 0 Å². The summed E-state index contributed by atoms with van der Waals surface area (Å²) < 4.78 is 1.02. The molecule has 1 heterocycles. The summed E-state index contributed by atoms with van der Waals surface area (Å²) in [7, 11) is 0. The minimum absolute atomic E-state index is 0.0798. The van der Waals surface area contributed by atoms with Crippen LogP contribution in [-0.4, -0.2) is 24.0 Å². The largest absolute Gasteiger partial charge is 0.324 e. The van der Waals surface area contributed by atoms with Crippen LogP contribution in [-0.2, 0) is 6.54 Å². The van der Waals surface area contributed by atoms with Crippen LogP contribution < -0.4 is 4.90 Å². The van der Waals surface area contributed by atoms with Crippen molar-refractivity contribution < 1.29 is 4.79 Å². The fourth-order valence-corrected chi connectivity index (χ4v) is 2.66. The Morgan fingerprint density at radius 1 is 0.950 bits per heavy atom. The number of halogens is 1. The standard InChI is InChI=1S/C16H15BrN2O/c17-14-6-8-15(9-7-14)19-11-10-18(16(19)20)12-13-4-2-1-3-5-13/h1-9H,10-12H2. The average Bonchev–Trinajstić information content (AvgIpc) is 2.83. The summed E-state index contributed by atoms with van der Waals surface area (Å²) in [6, 6.07) is 18.0. The Labute approximate surface area is 126 Å². The third-order valence-corrected chi connectivity index (χ3v) is 3.98. The number of benzene rings is 2. The Balaban J connectivity index is 1.72. The third-order valence-electron chi connectivity index (χ3n) is 3.45. The second-order valence-electron chi connectivity index (χ2n) is 4.82. The van der Waals surface area contributed by atoms with E-state index in [0.717, 1.165) is 23.2 Å². The molecule has 0 atom stereocenters. The highest BCUT2D eigenvalue weighted by Crippen LogP contribution is 2.23. The van der Waals surface area contributed by atoms with E-state index in [1.54, 1.807) is 0 Å². The molecule has 4 heteroatoms. The predicted molar refractivity (Wildman–Crippen MR) is 83.7 cm³/mol. The van der Waals surface area contributed by atoms with Crippen LogP contribution in [0.3, 0.4) is 0 Å². The first-order valence-corrected chi connectivity index (χ1v) is 7.39. The smallest absolute Gasteiger partial charge is 0.318 e. The van der Waals surface area contributed by atoms with Gasteiger partial charge in [0, 0.05) is 29.8 Å². The molecule has 0 saturated carbocycles. The quantitative estimate of drug-likeness (QED) is 0.837. The number of rotatable bonds is 3. The van der Waals surface area contributed by atoms with Crippen molar-refractivity contribution >= 4 is 27.6 Å². The second kappa shape index (κ2) is 5.67. The number of amides is 2. The second-order valence-corrected chi connectivity index (χ2v) is 5.73. The van der Waals surface area contributed by atoms with E-state index in [0.29, 0.717) is 6.54 Å². The normalized spacial score (nSPS) is 14.9. The van der Waals surface area contributed by atoms with E-state index in [9.17, 15) is 4.79 Å². The molecule has 0 bridgehead atoms. The Morgan fingerprint density at radius 2 is 1.65 bits per heavy atom. The molecule has 0 radical (unpaired) electrons. The van der Waals surface area contributed by atoms with E-state index in [4.69, 9.17) is 0 Å². The van der Waals surface area contributed by atoms with Crippen LogP contribution in [0.5, 0.6) is 0 Å². The topological polar surface area (TPSA) is 23.6 Å². The fourth-order valence-electron chi connectivity index (χ4n) is 2.39. The Bertz CT molecular complexity index is 598. The lowest BCUT2D eigenvalue weighted by Crippen LogP contribution is -2.31. The molecule has 102 valence electrons. The van der Waals surface area contributed by atoms with Crippen molar-refractivity contribution in [2.45, 2.75) is 6.54 Å². The lowest BCUT2D eigenvalue weighted by atomic mass is 10.2. The van der Waals surface area contributed by atoms with Crippen LogP contribution in [0.4, 0.5) is 10.5 Å². The highest BCUT2D eigenvalue weighted by atomic mass is 79.9. The van der Waals surface area contributed by atoms with Crippen molar-refractivity contribution in [1.29, 1.82) is 0 Å². The molecule has 1 aliphatic rings. The average molecular weight is 331 g/mol. The highest BCUT2D eigenvalue weighted by molar-refractivity contribution is 9.10. The number of hydrogen-bond donors (Lipinski definition) is 0. The molecule has 0 aromatic heterocycles. The van der Waals surface area contributed by atoms with E-state index < -0.39 is 0 Å². The zero-order valence-corrected chi connectivity index (χ0v) is 12.6. The van der Waals surface area contributed by atoms with E-state index in [2.05, 4.69) is 28.1 Å². The summed E-state index contributed by atoms with van der Waals surface area (Å²) in [6.45, 7) is 2.18. The van der Waals surface area contributed by atoms with Gasteiger partial charge in [0.25, 0.3) is 0 Å². The number of carbonyl (C=O) groups is 1. The van der Waals surface area contributed by atoms with Gasteiger partial charge in [0.2, 0.25) is 0 Å². The Hall–Kier alpha value is -1.81. The van der Waals surface area contributed by atoms with Gasteiger partial charge in [-0.25, -0.2) is 4.79 Å². The molecular weight excluding hydrogens is 316 g/mol. The highest BCUT2D eigenvalue weighted by Gasteiger charge is 2.29. The van der Waals surface area contributed by atoms with Crippen LogP contribution in [0.1, 0.15) is 5.56 Å². The van der Waals surface area contributed by atoms with Gasteiger partial charge in [-0.3, -0.25) is 4.90 Å². The number of urea groups is 1. The van der Waals surface area contributed by atoms with Gasteiger partial charge in [-0.2, -0.15) is 0 Å². The Kier molecular flexibility index (Phi) is 3.74. The van der Waals surface area contributed by atoms with E-state index in [-0.39, 0.29) is 6.03 Å². The summed E-state index contributed by atoms with van der Waals surface area (Å²) in [6.07, 6.45) is 0. The number of nitrogens with zero attached hydrogens (tertiary/aromatic N) is 2. The molecule has 1 fully saturated rings. The van der Waals surface area contributed by atoms with E-state index in [1.165, 1.54) is 5.56 Å². The minimum Gasteiger partial charge on any atom is -0.318 e. The number of carbonyl (C=O) groups excluding carboxylic acids is 1. The molecule has 2 aromatic rings. The van der Waals surface area contributed by atoms with Crippen LogP contribution in [0, 0.1) is 0 Å². The third kappa shape index (κ3) is 2.70. The van der Waals surface area contributed by atoms with Gasteiger partial charge in [-0.05, 0) is 29.8 Å². The van der Waals surface area contributed by atoms with Gasteiger partial charge in [-0.1, -0.05) is 46.3 Å². The maximum atomic E-state index is 12.4. The zero-order valence-electron chi connectivity index (χ0n) is 11.0. The van der Waals surface area contributed by atoms with Gasteiger partial charge in [0.15, 0.2) is 0 Å². The van der Waals surface area contributed by atoms with Crippen molar-refractivity contribution in [3.05, 3.63) is 64.6 Å². The van der Waals surface area contributed by atoms with Gasteiger partial charge in [-0.15, -0.1) is 0 Å². The Morgan fingerprint density at radius 3 is 2.35 bits per heavy atom. The summed E-state index contributed by atoms with van der Waals surface area (Å²) in [5.41, 5.74) is 2.12. The van der Waals surface area contributed by atoms with Gasteiger partial charge >= 0.3 is 6.03 Å². The molecule has 1 aliphatic heterocycles. The molecule has 0 spiro atoms. The number of hydrogen-bond acceptors (Lipinski definition) is 1. The zero-order chi connectivity index (χ0) is 13.9. The van der Waals surface area contributed by atoms with Gasteiger partial charge in [0.05, 0.1) is 0 Å². The molecule has 2 amide bonds. The first-order chi connectivity index (χ1) is 9.74. The first kappa shape index (κ1) is 13.2. The lowest BCUT2D eigenvalue weighted by Gasteiger charge is -2.18. The molecule has 0 aliphatic carbocycles. The minimum atomic E-state index is 0.0798. The van der Waals surface area contributed by atoms with Crippen LogP contribution in [0.2, 0.25) is 0 Å². The van der Waals surface area contributed by atoms with Crippen molar-refractivity contribution in [2.24, 2.45) is 0 Å². The molecule has 20 heavy (non-hydrogen) atoms.